The molecule has 0 fully saturated rings. The van der Waals surface area contributed by atoms with Gasteiger partial charge in [-0.15, -0.1) is 0 Å². The highest BCUT2D eigenvalue weighted by Crippen LogP contribution is 2.19. The fourth-order valence-corrected chi connectivity index (χ4v) is 1.99. The summed E-state index contributed by atoms with van der Waals surface area (Å²) < 4.78 is 1.43. The molecule has 0 N–H and O–H groups in total. The third kappa shape index (κ3) is 1.95. The maximum Gasteiger partial charge on any atom is 0.0191 e. The summed E-state index contributed by atoms with van der Waals surface area (Å²) in [6, 6.07) is 4.51. The maximum absolute atomic E-state index is 2.42. The zero-order valence-electron chi connectivity index (χ0n) is 7.24. The van der Waals surface area contributed by atoms with E-state index in [0.717, 1.165) is 6.42 Å². The summed E-state index contributed by atoms with van der Waals surface area (Å²) in [5.41, 5.74) is 4.25. The molecule has 1 rings (SSSR count). The summed E-state index contributed by atoms with van der Waals surface area (Å²) in [7, 11) is 0. The van der Waals surface area contributed by atoms with Gasteiger partial charge in [-0.3, -0.25) is 0 Å². The number of aryl methyl sites for hydroxylation is 3. The van der Waals surface area contributed by atoms with Crippen molar-refractivity contribution in [2.24, 2.45) is 0 Å². The van der Waals surface area contributed by atoms with Gasteiger partial charge in [-0.25, -0.2) is 0 Å². The van der Waals surface area contributed by atoms with Gasteiger partial charge in [-0.1, -0.05) is 24.6 Å². The van der Waals surface area contributed by atoms with E-state index >= 15 is 0 Å². The number of hydrogen-bond acceptors (Lipinski definition) is 0. The minimum absolute atomic E-state index is 1.14. The molecule has 0 amide bonds. The van der Waals surface area contributed by atoms with E-state index < -0.39 is 0 Å². The summed E-state index contributed by atoms with van der Waals surface area (Å²) in [4.78, 5) is 0. The minimum Gasteiger partial charge on any atom is -0.0613 e. The van der Waals surface area contributed by atoms with Crippen LogP contribution in [-0.2, 0) is 6.42 Å². The Morgan fingerprint density at radius 1 is 1.27 bits per heavy atom. The smallest absolute Gasteiger partial charge is 0.0191 e. The van der Waals surface area contributed by atoms with Gasteiger partial charge in [0.2, 0.25) is 0 Å². The molecule has 0 atom stereocenters. The molecule has 0 saturated heterocycles. The van der Waals surface area contributed by atoms with Gasteiger partial charge in [0, 0.05) is 3.57 Å². The van der Waals surface area contributed by atoms with E-state index in [4.69, 9.17) is 0 Å². The van der Waals surface area contributed by atoms with Crippen molar-refractivity contribution in [2.75, 3.05) is 0 Å². The van der Waals surface area contributed by atoms with Crippen LogP contribution in [0.15, 0.2) is 12.1 Å². The third-order valence-electron chi connectivity index (χ3n) is 1.86. The lowest BCUT2D eigenvalue weighted by Crippen LogP contribution is -1.91. The molecule has 0 aliphatic rings. The summed E-state index contributed by atoms with van der Waals surface area (Å²) >= 11 is 2.42. The molecule has 60 valence electrons. The van der Waals surface area contributed by atoms with Gasteiger partial charge >= 0.3 is 0 Å². The first-order chi connectivity index (χ1) is 5.15. The van der Waals surface area contributed by atoms with E-state index in [1.807, 2.05) is 0 Å². The number of benzene rings is 1. The average Bonchev–Trinajstić information content (AvgIpc) is 1.96. The van der Waals surface area contributed by atoms with Crippen LogP contribution < -0.4 is 0 Å². The molecule has 0 unspecified atom stereocenters. The third-order valence-corrected chi connectivity index (χ3v) is 3.40. The molecule has 0 aromatic heterocycles. The lowest BCUT2D eigenvalue weighted by molar-refractivity contribution is 1.10. The van der Waals surface area contributed by atoms with Crippen molar-refractivity contribution in [1.82, 2.24) is 0 Å². The van der Waals surface area contributed by atoms with Crippen molar-refractivity contribution in [3.05, 3.63) is 32.4 Å². The highest BCUT2D eigenvalue weighted by atomic mass is 127. The second kappa shape index (κ2) is 3.57. The van der Waals surface area contributed by atoms with Gasteiger partial charge in [0.1, 0.15) is 0 Å². The largest absolute Gasteiger partial charge is 0.0613 e. The Bertz CT molecular complexity index is 264. The van der Waals surface area contributed by atoms with Gasteiger partial charge in [0.05, 0.1) is 0 Å². The van der Waals surface area contributed by atoms with Crippen LogP contribution in [0.2, 0.25) is 0 Å². The predicted molar refractivity (Wildman–Crippen MR) is 58.0 cm³/mol. The summed E-state index contributed by atoms with van der Waals surface area (Å²) in [6.07, 6.45) is 1.14. The van der Waals surface area contributed by atoms with Gasteiger partial charge in [-0.05, 0) is 54.0 Å². The molecule has 0 heterocycles. The lowest BCUT2D eigenvalue weighted by atomic mass is 10.1. The van der Waals surface area contributed by atoms with E-state index in [-0.39, 0.29) is 0 Å². The van der Waals surface area contributed by atoms with Crippen LogP contribution in [0.3, 0.4) is 0 Å². The number of hydrogen-bond donors (Lipinski definition) is 0. The molecule has 1 aromatic carbocycles. The van der Waals surface area contributed by atoms with Crippen molar-refractivity contribution >= 4 is 22.6 Å². The van der Waals surface area contributed by atoms with Crippen molar-refractivity contribution in [2.45, 2.75) is 27.2 Å². The SMILES string of the molecule is CCc1cc(C)cc(C)c1I. The molecular weight excluding hydrogens is 247 g/mol. The highest BCUT2D eigenvalue weighted by Gasteiger charge is 2.00. The van der Waals surface area contributed by atoms with Crippen molar-refractivity contribution in [3.8, 4) is 0 Å². The van der Waals surface area contributed by atoms with Crippen LogP contribution in [0.1, 0.15) is 23.6 Å². The van der Waals surface area contributed by atoms with E-state index in [2.05, 4.69) is 55.5 Å². The summed E-state index contributed by atoms with van der Waals surface area (Å²) in [5, 5.41) is 0. The molecule has 0 nitrogen and oxygen atoms in total. The Morgan fingerprint density at radius 2 is 1.91 bits per heavy atom. The Kier molecular flexibility index (Phi) is 2.93. The average molecular weight is 260 g/mol. The summed E-state index contributed by atoms with van der Waals surface area (Å²) in [6.45, 7) is 6.53. The number of halogens is 1. The molecule has 11 heavy (non-hydrogen) atoms. The predicted octanol–water partition coefficient (Wildman–Crippen LogP) is 3.47. The molecule has 1 aromatic rings. The normalized spacial score (nSPS) is 10.2. The molecule has 1 heteroatoms. The number of rotatable bonds is 1. The molecule has 0 saturated carbocycles. The Morgan fingerprint density at radius 3 is 2.45 bits per heavy atom. The van der Waals surface area contributed by atoms with Crippen molar-refractivity contribution in [3.63, 3.8) is 0 Å². The van der Waals surface area contributed by atoms with Crippen LogP contribution in [0.25, 0.3) is 0 Å². The van der Waals surface area contributed by atoms with E-state index in [9.17, 15) is 0 Å². The van der Waals surface area contributed by atoms with Gasteiger partial charge in [-0.2, -0.15) is 0 Å². The van der Waals surface area contributed by atoms with Crippen LogP contribution in [0, 0.1) is 17.4 Å². The standard InChI is InChI=1S/C10H13I/c1-4-9-6-7(2)5-8(3)10(9)11/h5-6H,4H2,1-3H3. The van der Waals surface area contributed by atoms with E-state index in [1.54, 1.807) is 0 Å². The first-order valence-corrected chi connectivity index (χ1v) is 4.98. The highest BCUT2D eigenvalue weighted by molar-refractivity contribution is 14.1. The van der Waals surface area contributed by atoms with Crippen LogP contribution >= 0.6 is 22.6 Å². The monoisotopic (exact) mass is 260 g/mol. The maximum atomic E-state index is 2.42. The molecule has 0 radical (unpaired) electrons. The van der Waals surface area contributed by atoms with Gasteiger partial charge < -0.3 is 0 Å². The molecular formula is C10H13I. The topological polar surface area (TPSA) is 0 Å². The van der Waals surface area contributed by atoms with Gasteiger partial charge in [0.25, 0.3) is 0 Å². The molecule has 0 spiro atoms. The van der Waals surface area contributed by atoms with E-state index in [0.29, 0.717) is 0 Å². The molecule has 0 bridgehead atoms. The fraction of sp³-hybridized carbons (Fsp3) is 0.400. The first kappa shape index (κ1) is 9.04. The second-order valence-electron chi connectivity index (χ2n) is 2.91. The Labute approximate surface area is 82.2 Å². The zero-order valence-corrected chi connectivity index (χ0v) is 9.40. The molecule has 0 aliphatic heterocycles. The lowest BCUT2D eigenvalue weighted by Gasteiger charge is -2.06. The Hall–Kier alpha value is -0.0500. The first-order valence-electron chi connectivity index (χ1n) is 3.90. The van der Waals surface area contributed by atoms with Crippen LogP contribution in [0.4, 0.5) is 0 Å². The fourth-order valence-electron chi connectivity index (χ4n) is 1.30. The summed E-state index contributed by atoms with van der Waals surface area (Å²) in [5.74, 6) is 0. The zero-order chi connectivity index (χ0) is 8.43. The second-order valence-corrected chi connectivity index (χ2v) is 3.99. The quantitative estimate of drug-likeness (QED) is 0.678. The van der Waals surface area contributed by atoms with Crippen molar-refractivity contribution in [1.29, 1.82) is 0 Å². The van der Waals surface area contributed by atoms with Gasteiger partial charge in [0.15, 0.2) is 0 Å². The van der Waals surface area contributed by atoms with Crippen LogP contribution in [-0.4, -0.2) is 0 Å². The minimum atomic E-state index is 1.14. The molecule has 0 aliphatic carbocycles. The Balaban J connectivity index is 3.24. The van der Waals surface area contributed by atoms with E-state index in [1.165, 1.54) is 20.3 Å². The van der Waals surface area contributed by atoms with Crippen molar-refractivity contribution < 1.29 is 0 Å². The van der Waals surface area contributed by atoms with Crippen LogP contribution in [0.5, 0.6) is 0 Å².